The van der Waals surface area contributed by atoms with Crippen LogP contribution < -0.4 is 21.1 Å². The molecule has 3 atom stereocenters. The van der Waals surface area contributed by atoms with E-state index in [0.29, 0.717) is 30.5 Å². The summed E-state index contributed by atoms with van der Waals surface area (Å²) in [5.41, 5.74) is 17.8. The molecule has 9 nitrogen and oxygen atoms in total. The topological polar surface area (TPSA) is 106 Å². The number of anilines is 1. The second-order valence-electron chi connectivity index (χ2n) is 9.07. The summed E-state index contributed by atoms with van der Waals surface area (Å²) in [5, 5.41) is 0.371. The molecule has 2 aromatic carbocycles. The van der Waals surface area contributed by atoms with Crippen LogP contribution in [0.25, 0.3) is 5.69 Å². The monoisotopic (exact) mass is 525 g/mol. The minimum absolute atomic E-state index is 0.260. The number of nitrogens with two attached hydrogens (primary N) is 2. The van der Waals surface area contributed by atoms with Crippen molar-refractivity contribution >= 4 is 23.7 Å². The number of carbonyl (C=O) groups is 1. The summed E-state index contributed by atoms with van der Waals surface area (Å²) in [7, 11) is 1.60. The number of ether oxygens (including phenoxy) is 1. The van der Waals surface area contributed by atoms with E-state index in [4.69, 9.17) is 27.8 Å². The number of rotatable bonds is 6. The molecule has 11 heteroatoms. The van der Waals surface area contributed by atoms with Crippen molar-refractivity contribution in [3.63, 3.8) is 0 Å². The molecule has 0 spiro atoms. The van der Waals surface area contributed by atoms with Crippen molar-refractivity contribution in [2.75, 3.05) is 31.6 Å². The van der Waals surface area contributed by atoms with Gasteiger partial charge in [0.15, 0.2) is 0 Å². The third kappa shape index (κ3) is 4.46. The van der Waals surface area contributed by atoms with Crippen LogP contribution in [0.1, 0.15) is 18.4 Å². The number of carbonyl (C=O) groups excluding carboxylic acids is 1. The Kier molecular flexibility index (Phi) is 6.91. The van der Waals surface area contributed by atoms with Crippen LogP contribution in [-0.2, 0) is 4.79 Å². The SMILES string of the molecule is CCN1C(N)C2=C(C(c3ccc(F)cc3)CN(C=O)C2)N(c2ccc(-n3cnc(Cl)c3)c(OC)c2)C1N. The number of nitrogens with zero attached hydrogens (tertiary/aromatic N) is 5. The zero-order valence-electron chi connectivity index (χ0n) is 20.6. The van der Waals surface area contributed by atoms with Gasteiger partial charge in [0.2, 0.25) is 6.41 Å². The molecule has 0 saturated heterocycles. The number of likely N-dealkylation sites (N-methyl/N-ethyl adjacent to an activating group) is 1. The Labute approximate surface area is 219 Å². The van der Waals surface area contributed by atoms with Gasteiger partial charge in [-0.15, -0.1) is 0 Å². The third-order valence-corrected chi connectivity index (χ3v) is 7.28. The fourth-order valence-corrected chi connectivity index (χ4v) is 5.46. The summed E-state index contributed by atoms with van der Waals surface area (Å²) in [6.45, 7) is 3.38. The molecule has 4 N–H and O–H groups in total. The molecular formula is C26H29ClFN7O2. The molecule has 3 unspecified atom stereocenters. The quantitative estimate of drug-likeness (QED) is 0.477. The Bertz CT molecular complexity index is 1330. The maximum absolute atomic E-state index is 13.8. The lowest BCUT2D eigenvalue weighted by Crippen LogP contribution is -2.66. The van der Waals surface area contributed by atoms with Gasteiger partial charge in [-0.1, -0.05) is 30.7 Å². The second-order valence-corrected chi connectivity index (χ2v) is 9.46. The van der Waals surface area contributed by atoms with Gasteiger partial charge in [0.1, 0.15) is 29.3 Å². The number of hydrogen-bond acceptors (Lipinski definition) is 7. The highest BCUT2D eigenvalue weighted by atomic mass is 35.5. The first kappa shape index (κ1) is 25.2. The lowest BCUT2D eigenvalue weighted by Gasteiger charge is -2.52. The number of imidazole rings is 1. The Hall–Kier alpha value is -3.44. The predicted molar refractivity (Wildman–Crippen MR) is 140 cm³/mol. The van der Waals surface area contributed by atoms with Crippen LogP contribution in [0.2, 0.25) is 5.15 Å². The van der Waals surface area contributed by atoms with E-state index in [9.17, 15) is 9.18 Å². The third-order valence-electron chi connectivity index (χ3n) is 7.09. The van der Waals surface area contributed by atoms with Crippen molar-refractivity contribution < 1.29 is 13.9 Å². The molecule has 2 aliphatic heterocycles. The van der Waals surface area contributed by atoms with Crippen LogP contribution in [0.5, 0.6) is 5.75 Å². The molecule has 5 rings (SSSR count). The summed E-state index contributed by atoms with van der Waals surface area (Å²) < 4.78 is 21.3. The summed E-state index contributed by atoms with van der Waals surface area (Å²) >= 11 is 6.03. The van der Waals surface area contributed by atoms with Gasteiger partial charge in [-0.05, 0) is 29.8 Å². The van der Waals surface area contributed by atoms with Gasteiger partial charge in [0, 0.05) is 54.8 Å². The fourth-order valence-electron chi connectivity index (χ4n) is 5.31. The largest absolute Gasteiger partial charge is 0.494 e. The Morgan fingerprint density at radius 2 is 1.97 bits per heavy atom. The molecule has 0 bridgehead atoms. The average molecular weight is 526 g/mol. The molecule has 1 amide bonds. The van der Waals surface area contributed by atoms with E-state index in [1.807, 2.05) is 34.9 Å². The minimum Gasteiger partial charge on any atom is -0.494 e. The number of benzene rings is 2. The van der Waals surface area contributed by atoms with E-state index in [1.54, 1.807) is 41.2 Å². The first-order chi connectivity index (χ1) is 17.9. The summed E-state index contributed by atoms with van der Waals surface area (Å²) in [4.78, 5) is 21.7. The maximum atomic E-state index is 13.8. The van der Waals surface area contributed by atoms with E-state index >= 15 is 0 Å². The van der Waals surface area contributed by atoms with Crippen LogP contribution in [0.3, 0.4) is 0 Å². The van der Waals surface area contributed by atoms with E-state index in [1.165, 1.54) is 12.1 Å². The van der Waals surface area contributed by atoms with Crippen molar-refractivity contribution in [2.45, 2.75) is 25.3 Å². The van der Waals surface area contributed by atoms with Crippen LogP contribution in [0.15, 0.2) is 66.3 Å². The molecule has 194 valence electrons. The molecular weight excluding hydrogens is 497 g/mol. The molecule has 2 aliphatic rings. The summed E-state index contributed by atoms with van der Waals surface area (Å²) in [6, 6.07) is 12.1. The highest BCUT2D eigenvalue weighted by Gasteiger charge is 2.43. The van der Waals surface area contributed by atoms with Gasteiger partial charge >= 0.3 is 0 Å². The van der Waals surface area contributed by atoms with Crippen molar-refractivity contribution in [1.82, 2.24) is 19.4 Å². The van der Waals surface area contributed by atoms with Gasteiger partial charge in [-0.25, -0.2) is 9.37 Å². The van der Waals surface area contributed by atoms with E-state index in [-0.39, 0.29) is 11.7 Å². The van der Waals surface area contributed by atoms with E-state index < -0.39 is 12.5 Å². The number of halogens is 2. The predicted octanol–water partition coefficient (Wildman–Crippen LogP) is 2.85. The standard InChI is InChI=1S/C26H29ClFN7O2/c1-3-34-25(29)20-12-32(15-36)11-19(16-4-6-17(28)7-5-16)24(20)35(26(34)30)18-8-9-21(22(10-18)37-2)33-13-23(27)31-14-33/h4-10,13-15,19,25-26H,3,11-12,29-30H2,1-2H3. The van der Waals surface area contributed by atoms with Crippen molar-refractivity contribution in [1.29, 1.82) is 0 Å². The Morgan fingerprint density at radius 1 is 1.22 bits per heavy atom. The zero-order chi connectivity index (χ0) is 26.3. The molecule has 37 heavy (non-hydrogen) atoms. The number of amides is 1. The molecule has 0 fully saturated rings. The van der Waals surface area contributed by atoms with Crippen molar-refractivity contribution in [3.8, 4) is 11.4 Å². The zero-order valence-corrected chi connectivity index (χ0v) is 21.3. The van der Waals surface area contributed by atoms with Gasteiger partial charge in [-0.2, -0.15) is 0 Å². The molecule has 1 aromatic heterocycles. The van der Waals surface area contributed by atoms with Gasteiger partial charge < -0.3 is 24.8 Å². The van der Waals surface area contributed by atoms with E-state index in [2.05, 4.69) is 4.98 Å². The Balaban J connectivity index is 1.68. The fraction of sp³-hybridized carbons (Fsp3) is 0.308. The molecule has 0 saturated carbocycles. The lowest BCUT2D eigenvalue weighted by molar-refractivity contribution is -0.118. The van der Waals surface area contributed by atoms with Crippen LogP contribution >= 0.6 is 11.6 Å². The molecule has 3 aromatic rings. The molecule has 3 heterocycles. The maximum Gasteiger partial charge on any atom is 0.210 e. The summed E-state index contributed by atoms with van der Waals surface area (Å²) in [6.07, 6.45) is 3.08. The van der Waals surface area contributed by atoms with Gasteiger partial charge in [0.05, 0.1) is 19.0 Å². The van der Waals surface area contributed by atoms with Gasteiger partial charge in [-0.3, -0.25) is 15.4 Å². The number of hydrogen-bond donors (Lipinski definition) is 2. The smallest absolute Gasteiger partial charge is 0.210 e. The second kappa shape index (κ2) is 10.1. The van der Waals surface area contributed by atoms with Crippen LogP contribution in [-0.4, -0.2) is 65.0 Å². The molecule has 0 aliphatic carbocycles. The highest BCUT2D eigenvalue weighted by molar-refractivity contribution is 6.29. The van der Waals surface area contributed by atoms with Crippen molar-refractivity contribution in [3.05, 3.63) is 82.8 Å². The minimum atomic E-state index is -0.581. The molecule has 0 radical (unpaired) electrons. The Morgan fingerprint density at radius 3 is 2.59 bits per heavy atom. The highest BCUT2D eigenvalue weighted by Crippen LogP contribution is 2.43. The number of methoxy groups -OCH3 is 1. The number of aromatic nitrogens is 2. The van der Waals surface area contributed by atoms with Gasteiger partial charge in [0.25, 0.3) is 0 Å². The summed E-state index contributed by atoms with van der Waals surface area (Å²) in [5.74, 6) is 0.0123. The van der Waals surface area contributed by atoms with Crippen molar-refractivity contribution in [2.24, 2.45) is 11.5 Å². The van der Waals surface area contributed by atoms with Crippen LogP contribution in [0.4, 0.5) is 10.1 Å². The van der Waals surface area contributed by atoms with Crippen LogP contribution in [0, 0.1) is 5.82 Å². The first-order valence-corrected chi connectivity index (χ1v) is 12.4. The first-order valence-electron chi connectivity index (χ1n) is 12.0. The average Bonchev–Trinajstić information content (AvgIpc) is 3.35. The lowest BCUT2D eigenvalue weighted by atomic mass is 9.85. The normalized spacial score (nSPS) is 22.3. The van der Waals surface area contributed by atoms with E-state index in [0.717, 1.165) is 34.6 Å².